The number of hydrogen-bond acceptors (Lipinski definition) is 3. The van der Waals surface area contributed by atoms with E-state index < -0.39 is 11.5 Å². The summed E-state index contributed by atoms with van der Waals surface area (Å²) in [4.78, 5) is 21.7. The van der Waals surface area contributed by atoms with Crippen LogP contribution in [0.5, 0.6) is 5.88 Å². The first-order chi connectivity index (χ1) is 6.93. The molecule has 1 rings (SSSR count). The van der Waals surface area contributed by atoms with Crippen LogP contribution in [0.2, 0.25) is 0 Å². The summed E-state index contributed by atoms with van der Waals surface area (Å²) in [5, 5.41) is 20.6. The number of carbonyl (C=O) groups is 1. The average Bonchev–Trinajstić information content (AvgIpc) is 2.39. The van der Waals surface area contributed by atoms with Crippen molar-refractivity contribution in [1.29, 1.82) is 0 Å². The molecule has 0 atom stereocenters. The third-order valence-electron chi connectivity index (χ3n) is 2.10. The molecule has 0 aliphatic heterocycles. The number of aromatic nitrogens is 2. The van der Waals surface area contributed by atoms with Gasteiger partial charge in [-0.15, -0.1) is 0 Å². The summed E-state index contributed by atoms with van der Waals surface area (Å²) in [6, 6.07) is -0.0729. The number of carboxylic acid groups (broad SMARTS) is 1. The van der Waals surface area contributed by atoms with E-state index in [0.717, 1.165) is 0 Å². The van der Waals surface area contributed by atoms with Crippen molar-refractivity contribution < 1.29 is 15.0 Å². The maximum atomic E-state index is 11.3. The highest BCUT2D eigenvalue weighted by molar-refractivity contribution is 5.67. The van der Waals surface area contributed by atoms with E-state index in [4.69, 9.17) is 5.11 Å². The van der Waals surface area contributed by atoms with Crippen LogP contribution in [0.4, 0.5) is 0 Å². The Morgan fingerprint density at radius 1 is 1.53 bits per heavy atom. The van der Waals surface area contributed by atoms with Crippen molar-refractivity contribution in [3.63, 3.8) is 0 Å². The van der Waals surface area contributed by atoms with Gasteiger partial charge in [0.25, 0.3) is 5.56 Å². The molecular formula is C9H14N2O4. The molecule has 1 heterocycles. The van der Waals surface area contributed by atoms with Crippen LogP contribution < -0.4 is 5.56 Å². The average molecular weight is 214 g/mol. The molecule has 1 aromatic heterocycles. The van der Waals surface area contributed by atoms with Crippen LogP contribution in [0.3, 0.4) is 0 Å². The summed E-state index contributed by atoms with van der Waals surface area (Å²) >= 11 is 0. The van der Waals surface area contributed by atoms with Crippen LogP contribution in [0.15, 0.2) is 4.79 Å². The minimum Gasteiger partial charge on any atom is -0.493 e. The van der Waals surface area contributed by atoms with E-state index in [1.807, 2.05) is 0 Å². The molecule has 15 heavy (non-hydrogen) atoms. The van der Waals surface area contributed by atoms with Gasteiger partial charge in [0.15, 0.2) is 0 Å². The normalized spacial score (nSPS) is 10.9. The van der Waals surface area contributed by atoms with Crippen LogP contribution in [0.25, 0.3) is 0 Å². The minimum absolute atomic E-state index is 0.0379. The van der Waals surface area contributed by atoms with Crippen LogP contribution in [0.1, 0.15) is 31.9 Å². The molecule has 0 amide bonds. The first-order valence-electron chi connectivity index (χ1n) is 4.67. The fraction of sp³-hybridized carbons (Fsp3) is 0.556. The number of carboxylic acids is 1. The van der Waals surface area contributed by atoms with Crippen molar-refractivity contribution in [3.8, 4) is 5.88 Å². The highest BCUT2D eigenvalue weighted by Crippen LogP contribution is 2.18. The number of hydrogen-bond donors (Lipinski definition) is 3. The lowest BCUT2D eigenvalue weighted by atomic mass is 10.2. The van der Waals surface area contributed by atoms with Crippen LogP contribution in [-0.4, -0.2) is 26.0 Å². The Hall–Kier alpha value is -1.72. The van der Waals surface area contributed by atoms with Gasteiger partial charge in [-0.05, 0) is 20.3 Å². The second kappa shape index (κ2) is 4.20. The Labute approximate surface area is 86.1 Å². The van der Waals surface area contributed by atoms with Crippen LogP contribution >= 0.6 is 0 Å². The SMILES string of the molecule is CC(C)n1[nH]c(=O)c(CCC(=O)O)c1O. The molecule has 3 N–H and O–H groups in total. The highest BCUT2D eigenvalue weighted by atomic mass is 16.4. The third kappa shape index (κ3) is 2.39. The van der Waals surface area contributed by atoms with Gasteiger partial charge in [-0.25, -0.2) is 0 Å². The summed E-state index contributed by atoms with van der Waals surface area (Å²) in [6.45, 7) is 3.60. The molecule has 84 valence electrons. The zero-order valence-corrected chi connectivity index (χ0v) is 8.65. The molecule has 0 aliphatic carbocycles. The number of H-pyrrole nitrogens is 1. The fourth-order valence-electron chi connectivity index (χ4n) is 1.31. The van der Waals surface area contributed by atoms with Gasteiger partial charge >= 0.3 is 5.97 Å². The predicted octanol–water partition coefficient (Wildman–Crippen LogP) is 0.480. The summed E-state index contributed by atoms with van der Waals surface area (Å²) in [5.41, 5.74) is -0.298. The third-order valence-corrected chi connectivity index (χ3v) is 2.10. The van der Waals surface area contributed by atoms with E-state index in [0.29, 0.717) is 0 Å². The summed E-state index contributed by atoms with van der Waals surface area (Å²) in [6.07, 6.45) is -0.130. The lowest BCUT2D eigenvalue weighted by Crippen LogP contribution is -2.10. The van der Waals surface area contributed by atoms with E-state index in [2.05, 4.69) is 5.10 Å². The quantitative estimate of drug-likeness (QED) is 0.679. The van der Waals surface area contributed by atoms with Gasteiger partial charge in [0, 0.05) is 12.5 Å². The molecule has 6 nitrogen and oxygen atoms in total. The molecule has 6 heteroatoms. The lowest BCUT2D eigenvalue weighted by molar-refractivity contribution is -0.136. The molecule has 0 spiro atoms. The number of rotatable bonds is 4. The van der Waals surface area contributed by atoms with Crippen molar-refractivity contribution in [2.45, 2.75) is 32.7 Å². The van der Waals surface area contributed by atoms with Crippen molar-refractivity contribution >= 4 is 5.97 Å². The largest absolute Gasteiger partial charge is 0.493 e. The molecule has 0 bridgehead atoms. The molecule has 0 radical (unpaired) electrons. The molecule has 0 unspecified atom stereocenters. The number of aliphatic carboxylic acids is 1. The molecule has 0 saturated heterocycles. The van der Waals surface area contributed by atoms with Gasteiger partial charge in [-0.2, -0.15) is 0 Å². The molecule has 1 aromatic rings. The highest BCUT2D eigenvalue weighted by Gasteiger charge is 2.16. The van der Waals surface area contributed by atoms with E-state index in [9.17, 15) is 14.7 Å². The molecular weight excluding hydrogens is 200 g/mol. The van der Waals surface area contributed by atoms with Crippen molar-refractivity contribution in [2.75, 3.05) is 0 Å². The molecule has 0 aromatic carbocycles. The Kier molecular flexibility index (Phi) is 3.18. The Bertz CT molecular complexity index is 416. The zero-order chi connectivity index (χ0) is 11.6. The smallest absolute Gasteiger partial charge is 0.303 e. The number of aromatic hydroxyl groups is 1. The van der Waals surface area contributed by atoms with Crippen LogP contribution in [0, 0.1) is 0 Å². The number of nitrogens with zero attached hydrogens (tertiary/aromatic N) is 1. The molecule has 0 fully saturated rings. The maximum Gasteiger partial charge on any atom is 0.303 e. The summed E-state index contributed by atoms with van der Waals surface area (Å²) < 4.78 is 1.32. The van der Waals surface area contributed by atoms with E-state index in [-0.39, 0.29) is 30.3 Å². The van der Waals surface area contributed by atoms with Gasteiger partial charge in [0.1, 0.15) is 0 Å². The van der Waals surface area contributed by atoms with E-state index >= 15 is 0 Å². The monoisotopic (exact) mass is 214 g/mol. The summed E-state index contributed by atoms with van der Waals surface area (Å²) in [7, 11) is 0. The lowest BCUT2D eigenvalue weighted by Gasteiger charge is -2.07. The van der Waals surface area contributed by atoms with Gasteiger partial charge in [0.2, 0.25) is 5.88 Å². The Morgan fingerprint density at radius 2 is 2.13 bits per heavy atom. The second-order valence-corrected chi connectivity index (χ2v) is 3.60. The van der Waals surface area contributed by atoms with Crippen molar-refractivity contribution in [2.24, 2.45) is 0 Å². The van der Waals surface area contributed by atoms with Gasteiger partial charge < -0.3 is 10.2 Å². The van der Waals surface area contributed by atoms with Crippen molar-refractivity contribution in [1.82, 2.24) is 9.78 Å². The minimum atomic E-state index is -0.994. The first kappa shape index (κ1) is 11.4. The van der Waals surface area contributed by atoms with Crippen LogP contribution in [-0.2, 0) is 11.2 Å². The van der Waals surface area contributed by atoms with Gasteiger partial charge in [-0.1, -0.05) is 0 Å². The van der Waals surface area contributed by atoms with E-state index in [1.54, 1.807) is 13.8 Å². The summed E-state index contributed by atoms with van der Waals surface area (Å²) in [5.74, 6) is -1.16. The van der Waals surface area contributed by atoms with Gasteiger partial charge in [0.05, 0.1) is 5.56 Å². The first-order valence-corrected chi connectivity index (χ1v) is 4.67. The van der Waals surface area contributed by atoms with E-state index in [1.165, 1.54) is 4.68 Å². The van der Waals surface area contributed by atoms with Gasteiger partial charge in [-0.3, -0.25) is 19.4 Å². The maximum absolute atomic E-state index is 11.3. The topological polar surface area (TPSA) is 95.3 Å². The number of nitrogens with one attached hydrogen (secondary N) is 1. The Morgan fingerprint density at radius 3 is 2.53 bits per heavy atom. The zero-order valence-electron chi connectivity index (χ0n) is 8.65. The molecule has 0 saturated carbocycles. The fourth-order valence-corrected chi connectivity index (χ4v) is 1.31. The number of aromatic amines is 1. The van der Waals surface area contributed by atoms with Crippen molar-refractivity contribution in [3.05, 3.63) is 15.9 Å². The second-order valence-electron chi connectivity index (χ2n) is 3.60. The molecule has 0 aliphatic rings. The Balaban J connectivity index is 2.98. The standard InChI is InChI=1S/C9H14N2O4/c1-5(2)11-9(15)6(8(14)10-11)3-4-7(12)13/h5,15H,3-4H2,1-2H3,(H,10,14)(H,12,13). The predicted molar refractivity (Wildman–Crippen MR) is 53.1 cm³/mol.